The van der Waals surface area contributed by atoms with E-state index in [4.69, 9.17) is 5.73 Å². The summed E-state index contributed by atoms with van der Waals surface area (Å²) < 4.78 is 1.43. The van der Waals surface area contributed by atoms with Gasteiger partial charge in [0.1, 0.15) is 0 Å². The average Bonchev–Trinajstić information content (AvgIpc) is 2.76. The van der Waals surface area contributed by atoms with Gasteiger partial charge in [0.15, 0.2) is 0 Å². The highest BCUT2D eigenvalue weighted by Crippen LogP contribution is 2.16. The fourth-order valence-corrected chi connectivity index (χ4v) is 1.49. The molecule has 0 saturated carbocycles. The molecule has 2 rings (SSSR count). The number of aryl methyl sites for hydroxylation is 1. The lowest BCUT2D eigenvalue weighted by Gasteiger charge is -1.95. The Balaban J connectivity index is 2.65. The maximum Gasteiger partial charge on any atom is 0.271 e. The van der Waals surface area contributed by atoms with Gasteiger partial charge in [-0.1, -0.05) is 0 Å². The third-order valence-electron chi connectivity index (χ3n) is 2.22. The molecule has 0 bridgehead atoms. The molecule has 0 aliphatic carbocycles. The van der Waals surface area contributed by atoms with Crippen LogP contribution in [0.2, 0.25) is 0 Å². The third kappa shape index (κ3) is 1.18. The molecule has 0 amide bonds. The molecular weight excluding hydrogens is 180 g/mol. The first-order valence-corrected chi connectivity index (χ1v) is 4.35. The van der Waals surface area contributed by atoms with E-state index < -0.39 is 0 Å². The molecule has 0 aromatic carbocycles. The Morgan fingerprint density at radius 1 is 1.57 bits per heavy atom. The summed E-state index contributed by atoms with van der Waals surface area (Å²) in [6.45, 7) is 0.241. The number of rotatable bonds is 2. The van der Waals surface area contributed by atoms with Gasteiger partial charge in [-0.25, -0.2) is 0 Å². The predicted molar refractivity (Wildman–Crippen MR) is 53.7 cm³/mol. The average molecular weight is 192 g/mol. The molecule has 74 valence electrons. The molecule has 0 saturated heterocycles. The fraction of sp³-hybridized carbons (Fsp3) is 0.222. The van der Waals surface area contributed by atoms with Gasteiger partial charge < -0.3 is 10.7 Å². The monoisotopic (exact) mass is 192 g/mol. The van der Waals surface area contributed by atoms with Crippen molar-refractivity contribution in [2.24, 2.45) is 12.8 Å². The van der Waals surface area contributed by atoms with Crippen LogP contribution in [-0.4, -0.2) is 14.8 Å². The zero-order valence-electron chi connectivity index (χ0n) is 7.87. The van der Waals surface area contributed by atoms with Gasteiger partial charge in [0.25, 0.3) is 5.56 Å². The summed E-state index contributed by atoms with van der Waals surface area (Å²) in [6.07, 6.45) is 1.81. The van der Waals surface area contributed by atoms with Crippen molar-refractivity contribution in [2.45, 2.75) is 6.54 Å². The maximum absolute atomic E-state index is 11.6. The molecule has 0 aliphatic heterocycles. The van der Waals surface area contributed by atoms with E-state index in [-0.39, 0.29) is 12.1 Å². The minimum atomic E-state index is -0.0721. The van der Waals surface area contributed by atoms with E-state index in [2.05, 4.69) is 10.1 Å². The maximum atomic E-state index is 11.6. The van der Waals surface area contributed by atoms with Crippen LogP contribution >= 0.6 is 0 Å². The summed E-state index contributed by atoms with van der Waals surface area (Å²) in [5.41, 5.74) is 7.70. The minimum Gasteiger partial charge on any atom is -0.360 e. The van der Waals surface area contributed by atoms with Crippen molar-refractivity contribution in [1.29, 1.82) is 0 Å². The van der Waals surface area contributed by atoms with Crippen LogP contribution in [0.5, 0.6) is 0 Å². The SMILES string of the molecule is Cn1[nH]c(-c2ccc[nH]2)c(CN)c1=O. The normalized spacial score (nSPS) is 10.7. The Hall–Kier alpha value is -1.75. The summed E-state index contributed by atoms with van der Waals surface area (Å²) in [5, 5.41) is 2.96. The molecule has 2 aromatic heterocycles. The molecule has 14 heavy (non-hydrogen) atoms. The first kappa shape index (κ1) is 8.83. The lowest BCUT2D eigenvalue weighted by Crippen LogP contribution is -2.17. The van der Waals surface area contributed by atoms with Gasteiger partial charge in [-0.3, -0.25) is 14.6 Å². The van der Waals surface area contributed by atoms with Crippen molar-refractivity contribution >= 4 is 0 Å². The molecular formula is C9H12N4O. The number of nitrogens with one attached hydrogen (secondary N) is 2. The molecule has 5 nitrogen and oxygen atoms in total. The van der Waals surface area contributed by atoms with Crippen molar-refractivity contribution in [3.63, 3.8) is 0 Å². The van der Waals surface area contributed by atoms with Crippen molar-refractivity contribution in [2.75, 3.05) is 0 Å². The van der Waals surface area contributed by atoms with Crippen LogP contribution in [0.15, 0.2) is 23.1 Å². The van der Waals surface area contributed by atoms with Crippen molar-refractivity contribution in [3.05, 3.63) is 34.2 Å². The van der Waals surface area contributed by atoms with Gasteiger partial charge in [0, 0.05) is 19.8 Å². The zero-order valence-corrected chi connectivity index (χ0v) is 7.87. The van der Waals surface area contributed by atoms with Crippen molar-refractivity contribution in [3.8, 4) is 11.4 Å². The molecule has 5 heteroatoms. The van der Waals surface area contributed by atoms with Gasteiger partial charge in [-0.2, -0.15) is 0 Å². The molecule has 0 unspecified atom stereocenters. The van der Waals surface area contributed by atoms with E-state index in [9.17, 15) is 4.79 Å². The standard InChI is InChI=1S/C9H12N4O/c1-13-9(14)6(5-10)8(12-13)7-3-2-4-11-7/h2-4,11-12H,5,10H2,1H3. The first-order valence-electron chi connectivity index (χ1n) is 4.35. The van der Waals surface area contributed by atoms with Crippen LogP contribution in [0.25, 0.3) is 11.4 Å². The summed E-state index contributed by atoms with van der Waals surface area (Å²) >= 11 is 0. The van der Waals surface area contributed by atoms with Crippen molar-refractivity contribution in [1.82, 2.24) is 14.8 Å². The van der Waals surface area contributed by atoms with E-state index >= 15 is 0 Å². The number of aromatic amines is 2. The second-order valence-electron chi connectivity index (χ2n) is 3.12. The molecule has 2 aromatic rings. The van der Waals surface area contributed by atoms with E-state index in [0.29, 0.717) is 5.56 Å². The Bertz CT molecular complexity index is 477. The Labute approximate surface area is 80.5 Å². The van der Waals surface area contributed by atoms with Gasteiger partial charge in [-0.05, 0) is 12.1 Å². The number of nitrogens with zero attached hydrogens (tertiary/aromatic N) is 1. The summed E-state index contributed by atoms with van der Waals surface area (Å²) in [4.78, 5) is 14.6. The molecule has 2 heterocycles. The number of hydrogen-bond acceptors (Lipinski definition) is 2. The molecule has 0 aliphatic rings. The fourth-order valence-electron chi connectivity index (χ4n) is 1.49. The Kier molecular flexibility index (Phi) is 2.01. The van der Waals surface area contributed by atoms with Crippen LogP contribution in [0.1, 0.15) is 5.56 Å². The lowest BCUT2D eigenvalue weighted by atomic mass is 10.2. The minimum absolute atomic E-state index is 0.0721. The van der Waals surface area contributed by atoms with E-state index in [1.165, 1.54) is 4.68 Å². The third-order valence-corrected chi connectivity index (χ3v) is 2.22. The first-order chi connectivity index (χ1) is 6.74. The van der Waals surface area contributed by atoms with E-state index in [1.54, 1.807) is 13.2 Å². The van der Waals surface area contributed by atoms with Gasteiger partial charge in [0.2, 0.25) is 0 Å². The second-order valence-corrected chi connectivity index (χ2v) is 3.12. The smallest absolute Gasteiger partial charge is 0.271 e. The molecule has 0 spiro atoms. The summed E-state index contributed by atoms with van der Waals surface area (Å²) in [6, 6.07) is 3.77. The van der Waals surface area contributed by atoms with Crippen LogP contribution in [0.3, 0.4) is 0 Å². The van der Waals surface area contributed by atoms with E-state index in [1.807, 2.05) is 12.1 Å². The van der Waals surface area contributed by atoms with Gasteiger partial charge >= 0.3 is 0 Å². The second kappa shape index (κ2) is 3.19. The number of hydrogen-bond donors (Lipinski definition) is 3. The number of H-pyrrole nitrogens is 2. The molecule has 4 N–H and O–H groups in total. The van der Waals surface area contributed by atoms with Crippen LogP contribution in [0.4, 0.5) is 0 Å². The largest absolute Gasteiger partial charge is 0.360 e. The molecule has 0 atom stereocenters. The van der Waals surface area contributed by atoms with Crippen LogP contribution in [0, 0.1) is 0 Å². The number of aromatic nitrogens is 3. The quantitative estimate of drug-likeness (QED) is 0.634. The zero-order chi connectivity index (χ0) is 10.1. The summed E-state index contributed by atoms with van der Waals surface area (Å²) in [5.74, 6) is 0. The lowest BCUT2D eigenvalue weighted by molar-refractivity contribution is 0.739. The summed E-state index contributed by atoms with van der Waals surface area (Å²) in [7, 11) is 1.67. The molecule has 0 radical (unpaired) electrons. The highest BCUT2D eigenvalue weighted by Gasteiger charge is 2.12. The highest BCUT2D eigenvalue weighted by atomic mass is 16.1. The molecule has 0 fully saturated rings. The predicted octanol–water partition coefficient (Wildman–Crippen LogP) is 0.167. The Morgan fingerprint density at radius 2 is 2.36 bits per heavy atom. The van der Waals surface area contributed by atoms with Gasteiger partial charge in [-0.15, -0.1) is 0 Å². The topological polar surface area (TPSA) is 79.6 Å². The Morgan fingerprint density at radius 3 is 2.93 bits per heavy atom. The van der Waals surface area contributed by atoms with Crippen molar-refractivity contribution < 1.29 is 0 Å². The number of nitrogens with two attached hydrogens (primary N) is 1. The highest BCUT2D eigenvalue weighted by molar-refractivity contribution is 5.58. The van der Waals surface area contributed by atoms with E-state index in [0.717, 1.165) is 11.4 Å². The van der Waals surface area contributed by atoms with Gasteiger partial charge in [0.05, 0.1) is 17.0 Å². The van der Waals surface area contributed by atoms with Crippen LogP contribution < -0.4 is 11.3 Å². The van der Waals surface area contributed by atoms with Crippen LogP contribution in [-0.2, 0) is 13.6 Å².